The fourth-order valence-electron chi connectivity index (χ4n) is 2.52. The Morgan fingerprint density at radius 3 is 2.73 bits per heavy atom. The lowest BCUT2D eigenvalue weighted by molar-refractivity contribution is 0.102. The second kappa shape index (κ2) is 8.66. The van der Waals surface area contributed by atoms with Gasteiger partial charge in [0.05, 0.1) is 7.11 Å². The van der Waals surface area contributed by atoms with Gasteiger partial charge in [0, 0.05) is 30.4 Å². The highest BCUT2D eigenvalue weighted by Crippen LogP contribution is 2.30. The Balaban J connectivity index is 1.44. The number of carbonyl (C=O) groups excluding carboxylic acids is 1. The Labute approximate surface area is 174 Å². The minimum atomic E-state index is -0.342. The van der Waals surface area contributed by atoms with Gasteiger partial charge in [0.2, 0.25) is 16.8 Å². The molecule has 1 aromatic carbocycles. The molecule has 4 rings (SSSR count). The Hall–Kier alpha value is -3.86. The smallest absolute Gasteiger partial charge is 0.257 e. The van der Waals surface area contributed by atoms with Gasteiger partial charge in [0.25, 0.3) is 5.91 Å². The third-order valence-electron chi connectivity index (χ3n) is 3.92. The number of ether oxygens (including phenoxy) is 2. The molecule has 1 N–H and O–H groups in total. The number of benzene rings is 1. The van der Waals surface area contributed by atoms with E-state index in [1.807, 2.05) is 12.1 Å². The molecule has 0 aliphatic carbocycles. The summed E-state index contributed by atoms with van der Waals surface area (Å²) in [5.41, 5.74) is 1.26. The molecule has 4 aromatic rings. The summed E-state index contributed by atoms with van der Waals surface area (Å²) in [5.74, 6) is 1.38. The van der Waals surface area contributed by atoms with Gasteiger partial charge in [0.1, 0.15) is 5.01 Å². The minimum Gasteiger partial charge on any atom is -0.493 e. The molecule has 3 heterocycles. The maximum absolute atomic E-state index is 12.6. The van der Waals surface area contributed by atoms with E-state index in [1.165, 1.54) is 18.4 Å². The summed E-state index contributed by atoms with van der Waals surface area (Å²) in [5, 5.41) is 15.7. The van der Waals surface area contributed by atoms with Crippen LogP contribution in [-0.2, 0) is 6.61 Å². The first kappa shape index (κ1) is 19.5. The number of hydrogen-bond acceptors (Lipinski definition) is 10. The predicted molar refractivity (Wildman–Crippen MR) is 107 cm³/mol. The van der Waals surface area contributed by atoms with E-state index in [1.54, 1.807) is 37.5 Å². The van der Waals surface area contributed by atoms with Crippen molar-refractivity contribution in [2.45, 2.75) is 13.5 Å². The van der Waals surface area contributed by atoms with Crippen LogP contribution >= 0.6 is 11.3 Å². The largest absolute Gasteiger partial charge is 0.493 e. The molecule has 0 fully saturated rings. The zero-order valence-corrected chi connectivity index (χ0v) is 16.8. The molecule has 30 heavy (non-hydrogen) atoms. The van der Waals surface area contributed by atoms with E-state index in [9.17, 15) is 4.79 Å². The molecule has 3 aromatic heterocycles. The maximum atomic E-state index is 12.6. The summed E-state index contributed by atoms with van der Waals surface area (Å²) in [6, 6.07) is 8.50. The fourth-order valence-corrected chi connectivity index (χ4v) is 3.27. The van der Waals surface area contributed by atoms with Crippen molar-refractivity contribution in [2.24, 2.45) is 0 Å². The zero-order valence-electron chi connectivity index (χ0n) is 16.0. The standard InChI is InChI=1S/C19H16N6O4S/c1-11-21-16(25-29-11)10-28-14-4-3-13(9-15(14)27-2)17(26)22-19-24-23-18(30-19)12-5-7-20-8-6-12/h3-9H,10H2,1-2H3,(H,22,24,26). The first-order valence-corrected chi connectivity index (χ1v) is 9.59. The van der Waals surface area contributed by atoms with Crippen LogP contribution in [0.1, 0.15) is 22.1 Å². The van der Waals surface area contributed by atoms with E-state index in [-0.39, 0.29) is 12.5 Å². The Bertz CT molecular complexity index is 1160. The topological polar surface area (TPSA) is 125 Å². The minimum absolute atomic E-state index is 0.113. The molecule has 0 unspecified atom stereocenters. The summed E-state index contributed by atoms with van der Waals surface area (Å²) in [6.07, 6.45) is 3.34. The SMILES string of the molecule is COc1cc(C(=O)Nc2nnc(-c3ccncc3)s2)ccc1OCc1noc(C)n1. The number of nitrogens with one attached hydrogen (secondary N) is 1. The lowest BCUT2D eigenvalue weighted by atomic mass is 10.2. The first-order chi connectivity index (χ1) is 14.6. The lowest BCUT2D eigenvalue weighted by Gasteiger charge is -2.10. The van der Waals surface area contributed by atoms with Crippen molar-refractivity contribution in [3.63, 3.8) is 0 Å². The van der Waals surface area contributed by atoms with Crippen LogP contribution in [0, 0.1) is 6.92 Å². The average Bonchev–Trinajstić information content (AvgIpc) is 3.41. The second-order valence-electron chi connectivity index (χ2n) is 5.99. The van der Waals surface area contributed by atoms with Gasteiger partial charge in [-0.1, -0.05) is 16.5 Å². The summed E-state index contributed by atoms with van der Waals surface area (Å²) < 4.78 is 15.9. The van der Waals surface area contributed by atoms with Crippen LogP contribution in [0.15, 0.2) is 47.2 Å². The van der Waals surface area contributed by atoms with Crippen molar-refractivity contribution < 1.29 is 18.8 Å². The number of aromatic nitrogens is 5. The molecule has 10 nitrogen and oxygen atoms in total. The van der Waals surface area contributed by atoms with Gasteiger partial charge >= 0.3 is 0 Å². The van der Waals surface area contributed by atoms with Gasteiger partial charge in [-0.05, 0) is 30.3 Å². The number of hydrogen-bond donors (Lipinski definition) is 1. The van der Waals surface area contributed by atoms with E-state index >= 15 is 0 Å². The molecule has 152 valence electrons. The van der Waals surface area contributed by atoms with E-state index < -0.39 is 0 Å². The van der Waals surface area contributed by atoms with Gasteiger partial charge < -0.3 is 14.0 Å². The normalized spacial score (nSPS) is 10.6. The van der Waals surface area contributed by atoms with Crippen LogP contribution in [-0.4, -0.2) is 38.3 Å². The summed E-state index contributed by atoms with van der Waals surface area (Å²) >= 11 is 1.27. The van der Waals surface area contributed by atoms with Gasteiger partial charge in [-0.25, -0.2) is 0 Å². The Kier molecular flexibility index (Phi) is 5.61. The molecular weight excluding hydrogens is 408 g/mol. The molecule has 0 saturated heterocycles. The highest BCUT2D eigenvalue weighted by Gasteiger charge is 2.15. The number of nitrogens with zero attached hydrogens (tertiary/aromatic N) is 5. The van der Waals surface area contributed by atoms with E-state index in [0.29, 0.717) is 38.9 Å². The van der Waals surface area contributed by atoms with Gasteiger partial charge in [-0.15, -0.1) is 10.2 Å². The van der Waals surface area contributed by atoms with Gasteiger partial charge in [-0.3, -0.25) is 15.1 Å². The third-order valence-corrected chi connectivity index (χ3v) is 4.81. The summed E-state index contributed by atoms with van der Waals surface area (Å²) in [6.45, 7) is 1.81. The van der Waals surface area contributed by atoms with E-state index in [2.05, 4.69) is 30.6 Å². The number of aryl methyl sites for hydroxylation is 1. The second-order valence-corrected chi connectivity index (χ2v) is 6.96. The van der Waals surface area contributed by atoms with Crippen LogP contribution in [0.2, 0.25) is 0 Å². The molecule has 0 spiro atoms. The highest BCUT2D eigenvalue weighted by molar-refractivity contribution is 7.18. The molecule has 0 saturated carbocycles. The maximum Gasteiger partial charge on any atom is 0.257 e. The zero-order chi connectivity index (χ0) is 20.9. The van der Waals surface area contributed by atoms with Crippen LogP contribution in [0.3, 0.4) is 0 Å². The van der Waals surface area contributed by atoms with Crippen LogP contribution in [0.25, 0.3) is 10.6 Å². The van der Waals surface area contributed by atoms with Crippen molar-refractivity contribution in [3.05, 3.63) is 60.0 Å². The van der Waals surface area contributed by atoms with Gasteiger partial charge in [-0.2, -0.15) is 4.98 Å². The number of anilines is 1. The first-order valence-electron chi connectivity index (χ1n) is 8.77. The fraction of sp³-hybridized carbons (Fsp3) is 0.158. The van der Waals surface area contributed by atoms with Crippen LogP contribution in [0.5, 0.6) is 11.5 Å². The molecule has 0 aliphatic heterocycles. The molecule has 0 radical (unpaired) electrons. The van der Waals surface area contributed by atoms with Crippen molar-refractivity contribution in [2.75, 3.05) is 12.4 Å². The van der Waals surface area contributed by atoms with Crippen molar-refractivity contribution >= 4 is 22.4 Å². The Morgan fingerprint density at radius 2 is 2.00 bits per heavy atom. The molecule has 1 amide bonds. The number of pyridine rings is 1. The molecule has 0 atom stereocenters. The number of amides is 1. The van der Waals surface area contributed by atoms with Crippen molar-refractivity contribution in [3.8, 4) is 22.1 Å². The number of rotatable bonds is 7. The van der Waals surface area contributed by atoms with Crippen LogP contribution in [0.4, 0.5) is 5.13 Å². The van der Waals surface area contributed by atoms with Crippen LogP contribution < -0.4 is 14.8 Å². The Morgan fingerprint density at radius 1 is 1.17 bits per heavy atom. The molecular formula is C19H16N6O4S. The highest BCUT2D eigenvalue weighted by atomic mass is 32.1. The number of methoxy groups -OCH3 is 1. The predicted octanol–water partition coefficient (Wildman–Crippen LogP) is 3.13. The average molecular weight is 424 g/mol. The quantitative estimate of drug-likeness (QED) is 0.476. The van der Waals surface area contributed by atoms with Gasteiger partial charge in [0.15, 0.2) is 18.1 Å². The summed E-state index contributed by atoms with van der Waals surface area (Å²) in [4.78, 5) is 20.7. The third kappa shape index (κ3) is 4.41. The van der Waals surface area contributed by atoms with E-state index in [0.717, 1.165) is 5.56 Å². The summed E-state index contributed by atoms with van der Waals surface area (Å²) in [7, 11) is 1.49. The molecule has 0 aliphatic rings. The van der Waals surface area contributed by atoms with Crippen molar-refractivity contribution in [1.82, 2.24) is 25.3 Å². The molecule has 11 heteroatoms. The monoisotopic (exact) mass is 424 g/mol. The van der Waals surface area contributed by atoms with Crippen molar-refractivity contribution in [1.29, 1.82) is 0 Å². The lowest BCUT2D eigenvalue weighted by Crippen LogP contribution is -2.12. The molecule has 0 bridgehead atoms. The van der Waals surface area contributed by atoms with E-state index in [4.69, 9.17) is 14.0 Å². The number of carbonyl (C=O) groups is 1.